The lowest BCUT2D eigenvalue weighted by atomic mass is 10.2. The topological polar surface area (TPSA) is 38.5 Å². The van der Waals surface area contributed by atoms with Gasteiger partial charge >= 0.3 is 0 Å². The predicted octanol–water partition coefficient (Wildman–Crippen LogP) is 2.91. The Morgan fingerprint density at radius 2 is 1.94 bits per heavy atom. The van der Waals surface area contributed by atoms with Gasteiger partial charge in [-0.3, -0.25) is 0 Å². The average Bonchev–Trinajstić information content (AvgIpc) is 2.28. The zero-order valence-electron chi connectivity index (χ0n) is 11.1. The van der Waals surface area contributed by atoms with E-state index in [1.807, 2.05) is 18.2 Å². The number of hydrogen-bond donors (Lipinski definition) is 1. The number of nitrogens with zero attached hydrogens (tertiary/aromatic N) is 1. The fraction of sp³-hybridized carbons (Fsp3) is 0.571. The third-order valence-electron chi connectivity index (χ3n) is 2.58. The van der Waals surface area contributed by atoms with Gasteiger partial charge in [0.2, 0.25) is 0 Å². The van der Waals surface area contributed by atoms with Gasteiger partial charge in [-0.15, -0.1) is 0 Å². The van der Waals surface area contributed by atoms with E-state index in [9.17, 15) is 0 Å². The lowest BCUT2D eigenvalue weighted by Gasteiger charge is -2.26. The Kier molecular flexibility index (Phi) is 5.84. The van der Waals surface area contributed by atoms with Crippen molar-refractivity contribution in [2.75, 3.05) is 30.3 Å². The van der Waals surface area contributed by atoms with Crippen molar-refractivity contribution in [3.63, 3.8) is 0 Å². The molecule has 1 aromatic rings. The highest BCUT2D eigenvalue weighted by Crippen LogP contribution is 2.22. The molecule has 0 aliphatic rings. The van der Waals surface area contributed by atoms with E-state index in [0.29, 0.717) is 0 Å². The number of para-hydroxylation sites is 2. The summed E-state index contributed by atoms with van der Waals surface area (Å²) in [5, 5.41) is 0. The SMILES string of the molecule is CCCN(CCOC(C)C)c1ccccc1N. The number of nitrogens with two attached hydrogens (primary N) is 1. The second-order valence-electron chi connectivity index (χ2n) is 4.47. The van der Waals surface area contributed by atoms with E-state index in [1.54, 1.807) is 0 Å². The second-order valence-corrected chi connectivity index (χ2v) is 4.47. The molecule has 0 amide bonds. The first-order chi connectivity index (χ1) is 8.15. The summed E-state index contributed by atoms with van der Waals surface area (Å²) >= 11 is 0. The highest BCUT2D eigenvalue weighted by Gasteiger charge is 2.08. The van der Waals surface area contributed by atoms with Crippen LogP contribution < -0.4 is 10.6 Å². The Bertz CT molecular complexity index is 326. The molecule has 0 radical (unpaired) electrons. The fourth-order valence-electron chi connectivity index (χ4n) is 1.80. The van der Waals surface area contributed by atoms with Gasteiger partial charge in [0, 0.05) is 13.1 Å². The van der Waals surface area contributed by atoms with E-state index in [2.05, 4.69) is 31.7 Å². The van der Waals surface area contributed by atoms with Gasteiger partial charge in [-0.05, 0) is 32.4 Å². The Hall–Kier alpha value is -1.22. The molecule has 96 valence electrons. The maximum absolute atomic E-state index is 6.00. The molecule has 1 aromatic carbocycles. The molecule has 3 heteroatoms. The van der Waals surface area contributed by atoms with Crippen molar-refractivity contribution in [2.24, 2.45) is 0 Å². The maximum Gasteiger partial charge on any atom is 0.0645 e. The van der Waals surface area contributed by atoms with Crippen LogP contribution in [0.2, 0.25) is 0 Å². The van der Waals surface area contributed by atoms with Crippen molar-refractivity contribution in [3.05, 3.63) is 24.3 Å². The molecule has 0 aromatic heterocycles. The molecular weight excluding hydrogens is 212 g/mol. The Balaban J connectivity index is 2.62. The van der Waals surface area contributed by atoms with Gasteiger partial charge in [0.1, 0.15) is 0 Å². The molecule has 0 aliphatic carbocycles. The summed E-state index contributed by atoms with van der Waals surface area (Å²) in [5.74, 6) is 0. The highest BCUT2D eigenvalue weighted by atomic mass is 16.5. The zero-order chi connectivity index (χ0) is 12.7. The number of benzene rings is 1. The van der Waals surface area contributed by atoms with Gasteiger partial charge in [0.25, 0.3) is 0 Å². The second kappa shape index (κ2) is 7.17. The summed E-state index contributed by atoms with van der Waals surface area (Å²) in [7, 11) is 0. The van der Waals surface area contributed by atoms with Crippen LogP contribution in [-0.2, 0) is 4.74 Å². The van der Waals surface area contributed by atoms with Crippen molar-refractivity contribution < 1.29 is 4.74 Å². The minimum absolute atomic E-state index is 0.284. The van der Waals surface area contributed by atoms with Gasteiger partial charge in [-0.1, -0.05) is 19.1 Å². The summed E-state index contributed by atoms with van der Waals surface area (Å²) < 4.78 is 5.60. The van der Waals surface area contributed by atoms with Gasteiger partial charge in [-0.2, -0.15) is 0 Å². The Labute approximate surface area is 105 Å². The van der Waals surface area contributed by atoms with E-state index >= 15 is 0 Å². The lowest BCUT2D eigenvalue weighted by Crippen LogP contribution is -2.29. The Morgan fingerprint density at radius 3 is 2.53 bits per heavy atom. The van der Waals surface area contributed by atoms with Gasteiger partial charge in [0.15, 0.2) is 0 Å². The summed E-state index contributed by atoms with van der Waals surface area (Å²) in [4.78, 5) is 2.29. The minimum atomic E-state index is 0.284. The largest absolute Gasteiger partial charge is 0.397 e. The highest BCUT2D eigenvalue weighted by molar-refractivity contribution is 5.67. The molecule has 2 N–H and O–H groups in total. The van der Waals surface area contributed by atoms with E-state index in [1.165, 1.54) is 0 Å². The van der Waals surface area contributed by atoms with Crippen LogP contribution in [0.25, 0.3) is 0 Å². The molecule has 0 aliphatic heterocycles. The maximum atomic E-state index is 6.00. The van der Waals surface area contributed by atoms with E-state index in [-0.39, 0.29) is 6.10 Å². The van der Waals surface area contributed by atoms with E-state index in [4.69, 9.17) is 10.5 Å². The van der Waals surface area contributed by atoms with Crippen LogP contribution >= 0.6 is 0 Å². The lowest BCUT2D eigenvalue weighted by molar-refractivity contribution is 0.0841. The van der Waals surface area contributed by atoms with E-state index < -0.39 is 0 Å². The molecule has 17 heavy (non-hydrogen) atoms. The molecule has 0 atom stereocenters. The van der Waals surface area contributed by atoms with E-state index in [0.717, 1.165) is 37.5 Å². The minimum Gasteiger partial charge on any atom is -0.397 e. The van der Waals surface area contributed by atoms with Crippen LogP contribution in [0.15, 0.2) is 24.3 Å². The molecule has 0 unspecified atom stereocenters. The van der Waals surface area contributed by atoms with Crippen molar-refractivity contribution >= 4 is 11.4 Å². The Morgan fingerprint density at radius 1 is 1.24 bits per heavy atom. The normalized spacial score (nSPS) is 10.8. The van der Waals surface area contributed by atoms with Gasteiger partial charge in [0.05, 0.1) is 24.1 Å². The summed E-state index contributed by atoms with van der Waals surface area (Å²) in [6.45, 7) is 8.93. The van der Waals surface area contributed by atoms with Crippen LogP contribution in [0, 0.1) is 0 Å². The first kappa shape index (κ1) is 13.8. The van der Waals surface area contributed by atoms with Crippen molar-refractivity contribution in [1.82, 2.24) is 0 Å². The molecule has 0 fully saturated rings. The molecule has 3 nitrogen and oxygen atoms in total. The quantitative estimate of drug-likeness (QED) is 0.740. The smallest absolute Gasteiger partial charge is 0.0645 e. The number of nitrogen functional groups attached to an aromatic ring is 1. The van der Waals surface area contributed by atoms with Crippen molar-refractivity contribution in [3.8, 4) is 0 Å². The van der Waals surface area contributed by atoms with Gasteiger partial charge < -0.3 is 15.4 Å². The average molecular weight is 236 g/mol. The summed E-state index contributed by atoms with van der Waals surface area (Å²) in [6, 6.07) is 8.01. The number of rotatable bonds is 7. The van der Waals surface area contributed by atoms with Crippen molar-refractivity contribution in [1.29, 1.82) is 0 Å². The molecule has 0 saturated carbocycles. The molecular formula is C14H24N2O. The number of anilines is 2. The summed E-state index contributed by atoms with van der Waals surface area (Å²) in [6.07, 6.45) is 1.39. The predicted molar refractivity (Wildman–Crippen MR) is 74.4 cm³/mol. The molecule has 1 rings (SSSR count). The molecule has 0 saturated heterocycles. The summed E-state index contributed by atoms with van der Waals surface area (Å²) in [5.41, 5.74) is 7.95. The molecule has 0 heterocycles. The third-order valence-corrected chi connectivity index (χ3v) is 2.58. The first-order valence-corrected chi connectivity index (χ1v) is 6.36. The van der Waals surface area contributed by atoms with Crippen LogP contribution in [0.3, 0.4) is 0 Å². The third kappa shape index (κ3) is 4.65. The van der Waals surface area contributed by atoms with Crippen LogP contribution in [0.1, 0.15) is 27.2 Å². The van der Waals surface area contributed by atoms with Crippen LogP contribution in [-0.4, -0.2) is 25.8 Å². The van der Waals surface area contributed by atoms with Gasteiger partial charge in [-0.25, -0.2) is 0 Å². The fourth-order valence-corrected chi connectivity index (χ4v) is 1.80. The first-order valence-electron chi connectivity index (χ1n) is 6.36. The standard InChI is InChI=1S/C14H24N2O/c1-4-9-16(10-11-17-12(2)3)14-8-6-5-7-13(14)15/h5-8,12H,4,9-11,15H2,1-3H3. The van der Waals surface area contributed by atoms with Crippen LogP contribution in [0.4, 0.5) is 11.4 Å². The van der Waals surface area contributed by atoms with Crippen molar-refractivity contribution in [2.45, 2.75) is 33.3 Å². The number of ether oxygens (including phenoxy) is 1. The molecule has 0 spiro atoms. The molecule has 0 bridgehead atoms. The monoisotopic (exact) mass is 236 g/mol. The van der Waals surface area contributed by atoms with Crippen LogP contribution in [0.5, 0.6) is 0 Å². The zero-order valence-corrected chi connectivity index (χ0v) is 11.1. The number of hydrogen-bond acceptors (Lipinski definition) is 3.